The van der Waals surface area contributed by atoms with E-state index >= 15 is 0 Å². The van der Waals surface area contributed by atoms with Crippen LogP contribution in [0.3, 0.4) is 0 Å². The lowest BCUT2D eigenvalue weighted by Gasteiger charge is -2.30. The van der Waals surface area contributed by atoms with E-state index in [4.69, 9.17) is 16.3 Å². The molecule has 1 heterocycles. The largest absolute Gasteiger partial charge is 0.494 e. The van der Waals surface area contributed by atoms with E-state index in [1.54, 1.807) is 6.07 Å². The van der Waals surface area contributed by atoms with Gasteiger partial charge in [-0.3, -0.25) is 0 Å². The SMILES string of the molecule is COc1cc2c(cc1F)nc(CCl)n2C(C)C(C)(C)C. The van der Waals surface area contributed by atoms with Crippen molar-refractivity contribution in [2.75, 3.05) is 7.11 Å². The Bertz CT molecular complexity index is 631. The van der Waals surface area contributed by atoms with E-state index in [1.807, 2.05) is 0 Å². The van der Waals surface area contributed by atoms with Crippen molar-refractivity contribution in [3.05, 3.63) is 23.8 Å². The third-order valence-corrected chi connectivity index (χ3v) is 4.04. The Morgan fingerprint density at radius 3 is 2.55 bits per heavy atom. The first-order chi connectivity index (χ1) is 9.29. The van der Waals surface area contributed by atoms with Gasteiger partial charge in [-0.15, -0.1) is 11.6 Å². The molecule has 2 rings (SSSR count). The zero-order valence-corrected chi connectivity index (χ0v) is 13.3. The number of benzene rings is 1. The predicted octanol–water partition coefficient (Wildman–Crippen LogP) is 4.53. The lowest BCUT2D eigenvalue weighted by atomic mass is 9.87. The van der Waals surface area contributed by atoms with E-state index in [0.29, 0.717) is 11.4 Å². The van der Waals surface area contributed by atoms with Gasteiger partial charge in [0.2, 0.25) is 0 Å². The minimum atomic E-state index is -0.408. The first kappa shape index (κ1) is 15.1. The molecule has 1 aromatic heterocycles. The van der Waals surface area contributed by atoms with Crippen molar-refractivity contribution in [1.82, 2.24) is 9.55 Å². The van der Waals surface area contributed by atoms with E-state index < -0.39 is 5.82 Å². The summed E-state index contributed by atoms with van der Waals surface area (Å²) in [6.45, 7) is 8.58. The van der Waals surface area contributed by atoms with Crippen molar-refractivity contribution in [1.29, 1.82) is 0 Å². The normalized spacial score (nSPS) is 13.8. The van der Waals surface area contributed by atoms with Crippen LogP contribution in [0.4, 0.5) is 4.39 Å². The van der Waals surface area contributed by atoms with E-state index in [0.717, 1.165) is 11.3 Å². The molecule has 0 bridgehead atoms. The molecule has 0 radical (unpaired) electrons. The Hall–Kier alpha value is -1.29. The van der Waals surface area contributed by atoms with Crippen LogP contribution in [0.2, 0.25) is 0 Å². The first-order valence-corrected chi connectivity index (χ1v) is 7.13. The lowest BCUT2D eigenvalue weighted by molar-refractivity contribution is 0.263. The topological polar surface area (TPSA) is 27.1 Å². The molecule has 1 aromatic carbocycles. The molecular weight excluding hydrogens is 279 g/mol. The maximum atomic E-state index is 13.8. The molecule has 20 heavy (non-hydrogen) atoms. The van der Waals surface area contributed by atoms with E-state index in [9.17, 15) is 4.39 Å². The van der Waals surface area contributed by atoms with Crippen LogP contribution in [-0.4, -0.2) is 16.7 Å². The highest BCUT2D eigenvalue weighted by Gasteiger charge is 2.26. The van der Waals surface area contributed by atoms with Crippen molar-refractivity contribution < 1.29 is 9.13 Å². The maximum Gasteiger partial charge on any atom is 0.167 e. The first-order valence-electron chi connectivity index (χ1n) is 6.60. The van der Waals surface area contributed by atoms with Crippen molar-refractivity contribution >= 4 is 22.6 Å². The van der Waals surface area contributed by atoms with E-state index in [-0.39, 0.29) is 17.2 Å². The molecule has 3 nitrogen and oxygen atoms in total. The van der Waals surface area contributed by atoms with Gasteiger partial charge in [0.1, 0.15) is 5.82 Å². The highest BCUT2D eigenvalue weighted by Crippen LogP contribution is 2.36. The molecule has 0 aliphatic heterocycles. The van der Waals surface area contributed by atoms with Gasteiger partial charge in [-0.1, -0.05) is 20.8 Å². The highest BCUT2D eigenvalue weighted by molar-refractivity contribution is 6.16. The summed E-state index contributed by atoms with van der Waals surface area (Å²) in [5, 5.41) is 0. The molecule has 0 N–H and O–H groups in total. The molecule has 2 aromatic rings. The predicted molar refractivity (Wildman–Crippen MR) is 80.0 cm³/mol. The number of halogens is 2. The molecule has 0 saturated carbocycles. The van der Waals surface area contributed by atoms with Crippen molar-refractivity contribution in [2.24, 2.45) is 5.41 Å². The summed E-state index contributed by atoms with van der Waals surface area (Å²) in [6, 6.07) is 3.27. The van der Waals surface area contributed by atoms with Gasteiger partial charge in [-0.05, 0) is 12.3 Å². The van der Waals surface area contributed by atoms with Gasteiger partial charge in [-0.2, -0.15) is 0 Å². The Morgan fingerprint density at radius 1 is 1.40 bits per heavy atom. The standard InChI is InChI=1S/C15H20ClFN2O/c1-9(15(2,3)4)19-12-7-13(20-5)10(17)6-11(12)18-14(19)8-16/h6-7,9H,8H2,1-5H3. The minimum absolute atomic E-state index is 0.0378. The smallest absolute Gasteiger partial charge is 0.167 e. The van der Waals surface area contributed by atoms with Crippen LogP contribution in [0.1, 0.15) is 39.6 Å². The highest BCUT2D eigenvalue weighted by atomic mass is 35.5. The Balaban J connectivity index is 2.73. The lowest BCUT2D eigenvalue weighted by Crippen LogP contribution is -2.23. The van der Waals surface area contributed by atoms with Gasteiger partial charge in [0, 0.05) is 18.2 Å². The van der Waals surface area contributed by atoms with Crippen molar-refractivity contribution in [3.8, 4) is 5.75 Å². The molecule has 1 atom stereocenters. The minimum Gasteiger partial charge on any atom is -0.494 e. The average molecular weight is 299 g/mol. The summed E-state index contributed by atoms with van der Waals surface area (Å²) < 4.78 is 20.9. The maximum absolute atomic E-state index is 13.8. The van der Waals surface area contributed by atoms with Gasteiger partial charge in [0.05, 0.1) is 24.0 Å². The van der Waals surface area contributed by atoms with Gasteiger partial charge in [0.15, 0.2) is 11.6 Å². The molecule has 0 spiro atoms. The molecule has 0 aliphatic rings. The number of ether oxygens (including phenoxy) is 1. The Morgan fingerprint density at radius 2 is 2.05 bits per heavy atom. The second kappa shape index (κ2) is 5.24. The average Bonchev–Trinajstić information content (AvgIpc) is 2.72. The second-order valence-electron chi connectivity index (χ2n) is 6.05. The molecule has 110 valence electrons. The third kappa shape index (κ3) is 2.49. The number of aromatic nitrogens is 2. The zero-order chi connectivity index (χ0) is 15.1. The van der Waals surface area contributed by atoms with Crippen molar-refractivity contribution in [2.45, 2.75) is 39.6 Å². The van der Waals surface area contributed by atoms with Crippen molar-refractivity contribution in [3.63, 3.8) is 0 Å². The molecule has 5 heteroatoms. The van der Waals surface area contributed by atoms with Crippen LogP contribution >= 0.6 is 11.6 Å². The summed E-state index contributed by atoms with van der Waals surface area (Å²) in [5.74, 6) is 0.853. The number of rotatable bonds is 3. The molecule has 0 fully saturated rings. The third-order valence-electron chi connectivity index (χ3n) is 3.80. The number of hydrogen-bond donors (Lipinski definition) is 0. The fourth-order valence-electron chi connectivity index (χ4n) is 2.22. The number of imidazole rings is 1. The molecule has 0 saturated heterocycles. The summed E-state index contributed by atoms with van der Waals surface area (Å²) in [6.07, 6.45) is 0. The van der Waals surface area contributed by atoms with Crippen LogP contribution in [0.25, 0.3) is 11.0 Å². The molecule has 1 unspecified atom stereocenters. The fraction of sp³-hybridized carbons (Fsp3) is 0.533. The number of hydrogen-bond acceptors (Lipinski definition) is 2. The quantitative estimate of drug-likeness (QED) is 0.778. The van der Waals surface area contributed by atoms with Gasteiger partial charge >= 0.3 is 0 Å². The second-order valence-corrected chi connectivity index (χ2v) is 6.32. The Kier molecular flexibility index (Phi) is 3.96. The number of methoxy groups -OCH3 is 1. The number of fused-ring (bicyclic) bond motifs is 1. The zero-order valence-electron chi connectivity index (χ0n) is 12.5. The summed E-state index contributed by atoms with van der Waals surface area (Å²) in [4.78, 5) is 4.44. The molecule has 0 amide bonds. The fourth-order valence-corrected chi connectivity index (χ4v) is 2.41. The van der Waals surface area contributed by atoms with Crippen LogP contribution in [0.5, 0.6) is 5.75 Å². The van der Waals surface area contributed by atoms with Gasteiger partial charge in [-0.25, -0.2) is 9.37 Å². The van der Waals surface area contributed by atoms with Crippen LogP contribution in [0, 0.1) is 11.2 Å². The number of nitrogens with zero attached hydrogens (tertiary/aromatic N) is 2. The van der Waals surface area contributed by atoms with E-state index in [2.05, 4.69) is 37.2 Å². The monoisotopic (exact) mass is 298 g/mol. The summed E-state index contributed by atoms with van der Waals surface area (Å²) >= 11 is 6.00. The molecular formula is C15H20ClFN2O. The van der Waals surface area contributed by atoms with E-state index in [1.165, 1.54) is 13.2 Å². The van der Waals surface area contributed by atoms with Gasteiger partial charge in [0.25, 0.3) is 0 Å². The van der Waals surface area contributed by atoms with Crippen LogP contribution in [-0.2, 0) is 5.88 Å². The Labute approximate surface area is 123 Å². The summed E-state index contributed by atoms with van der Waals surface area (Å²) in [7, 11) is 1.46. The van der Waals surface area contributed by atoms with Gasteiger partial charge < -0.3 is 9.30 Å². The van der Waals surface area contributed by atoms with Crippen LogP contribution in [0.15, 0.2) is 12.1 Å². The molecule has 0 aliphatic carbocycles. The van der Waals surface area contributed by atoms with Crippen LogP contribution < -0.4 is 4.74 Å². The number of alkyl halides is 1. The summed E-state index contributed by atoms with van der Waals surface area (Å²) in [5.41, 5.74) is 1.49.